The second-order valence-electron chi connectivity index (χ2n) is 5.83. The quantitative estimate of drug-likeness (QED) is 0.514. The van der Waals surface area contributed by atoms with Crippen molar-refractivity contribution in [2.45, 2.75) is 13.3 Å². The molecule has 6 heteroatoms. The highest BCUT2D eigenvalue weighted by Crippen LogP contribution is 2.26. The van der Waals surface area contributed by atoms with E-state index < -0.39 is 0 Å². The summed E-state index contributed by atoms with van der Waals surface area (Å²) in [4.78, 5) is 18.9. The number of aromatic nitrogens is 2. The molecule has 0 N–H and O–H groups in total. The Labute approximate surface area is 154 Å². The highest BCUT2D eigenvalue weighted by molar-refractivity contribution is 7.18. The smallest absolute Gasteiger partial charge is 0.282 e. The number of thiophene rings is 1. The van der Waals surface area contributed by atoms with Crippen LogP contribution in [0.25, 0.3) is 21.0 Å². The van der Waals surface area contributed by atoms with Gasteiger partial charge in [-0.05, 0) is 29.3 Å². The van der Waals surface area contributed by atoms with E-state index in [0.29, 0.717) is 11.1 Å². The fraction of sp³-hybridized carbons (Fsp3) is 0.150. The van der Waals surface area contributed by atoms with Crippen LogP contribution in [-0.4, -0.2) is 23.0 Å². The van der Waals surface area contributed by atoms with Crippen molar-refractivity contribution < 1.29 is 4.74 Å². The van der Waals surface area contributed by atoms with Gasteiger partial charge in [0.2, 0.25) is 0 Å². The Balaban J connectivity index is 1.84. The molecule has 0 aliphatic rings. The molecule has 0 amide bonds. The molecule has 0 saturated carbocycles. The van der Waals surface area contributed by atoms with Crippen LogP contribution in [0.5, 0.6) is 5.75 Å². The van der Waals surface area contributed by atoms with Crippen molar-refractivity contribution in [2.75, 3.05) is 7.11 Å². The molecule has 0 aliphatic carbocycles. The van der Waals surface area contributed by atoms with Gasteiger partial charge in [0.1, 0.15) is 16.9 Å². The Morgan fingerprint density at radius 3 is 2.88 bits per heavy atom. The van der Waals surface area contributed by atoms with Crippen LogP contribution in [0.15, 0.2) is 58.7 Å². The maximum Gasteiger partial charge on any atom is 0.282 e. The average molecular weight is 363 g/mol. The zero-order chi connectivity index (χ0) is 18.1. The van der Waals surface area contributed by atoms with Crippen molar-refractivity contribution in [2.24, 2.45) is 5.10 Å². The van der Waals surface area contributed by atoms with E-state index in [1.807, 2.05) is 42.5 Å². The van der Waals surface area contributed by atoms with E-state index in [-0.39, 0.29) is 5.56 Å². The molecule has 4 aromatic rings. The molecule has 2 aromatic heterocycles. The normalized spacial score (nSPS) is 11.6. The number of hydrogen-bond acceptors (Lipinski definition) is 5. The van der Waals surface area contributed by atoms with E-state index in [4.69, 9.17) is 4.74 Å². The Morgan fingerprint density at radius 1 is 1.23 bits per heavy atom. The van der Waals surface area contributed by atoms with Gasteiger partial charge in [-0.25, -0.2) is 4.98 Å². The van der Waals surface area contributed by atoms with Gasteiger partial charge in [-0.2, -0.15) is 9.78 Å². The van der Waals surface area contributed by atoms with Crippen LogP contribution >= 0.6 is 11.3 Å². The van der Waals surface area contributed by atoms with Crippen LogP contribution < -0.4 is 10.3 Å². The third kappa shape index (κ3) is 2.78. The summed E-state index contributed by atoms with van der Waals surface area (Å²) in [6.45, 7) is 2.06. The maximum absolute atomic E-state index is 12.7. The molecule has 0 saturated heterocycles. The zero-order valence-corrected chi connectivity index (χ0v) is 15.3. The van der Waals surface area contributed by atoms with Crippen LogP contribution in [0.4, 0.5) is 0 Å². The molecule has 0 spiro atoms. The summed E-state index contributed by atoms with van der Waals surface area (Å²) < 4.78 is 6.74. The standard InChI is InChI=1S/C20H17N3O2S/c1-3-14-10-16-19(26-14)21-12-23(20(16)24)22-11-17-15-7-5-4-6-13(15)8-9-18(17)25-2/h4-12H,3H2,1-2H3/b22-11-. The molecule has 2 heterocycles. The zero-order valence-electron chi connectivity index (χ0n) is 14.5. The fourth-order valence-corrected chi connectivity index (χ4v) is 3.85. The predicted octanol–water partition coefficient (Wildman–Crippen LogP) is 4.06. The number of ether oxygens (including phenoxy) is 1. The van der Waals surface area contributed by atoms with E-state index in [9.17, 15) is 4.79 Å². The largest absolute Gasteiger partial charge is 0.496 e. The van der Waals surface area contributed by atoms with E-state index in [1.165, 1.54) is 11.0 Å². The van der Waals surface area contributed by atoms with Crippen molar-refractivity contribution in [1.82, 2.24) is 9.66 Å². The minimum absolute atomic E-state index is 0.165. The summed E-state index contributed by atoms with van der Waals surface area (Å²) in [6.07, 6.45) is 4.01. The van der Waals surface area contributed by atoms with Gasteiger partial charge < -0.3 is 4.74 Å². The van der Waals surface area contributed by atoms with Crippen molar-refractivity contribution in [3.8, 4) is 5.75 Å². The SMILES string of the molecule is CCc1cc2c(=O)n(/N=C\c3c(OC)ccc4ccccc34)cnc2s1. The van der Waals surface area contributed by atoms with Gasteiger partial charge >= 0.3 is 0 Å². The Morgan fingerprint density at radius 2 is 2.08 bits per heavy atom. The second kappa shape index (κ2) is 6.72. The lowest BCUT2D eigenvalue weighted by Gasteiger charge is -2.08. The van der Waals surface area contributed by atoms with Crippen molar-refractivity contribution in [1.29, 1.82) is 0 Å². The molecule has 130 valence electrons. The second-order valence-corrected chi connectivity index (χ2v) is 6.94. The molecular formula is C20H17N3O2S. The molecule has 0 fully saturated rings. The van der Waals surface area contributed by atoms with Gasteiger partial charge in [0.05, 0.1) is 18.7 Å². The number of hydrogen-bond donors (Lipinski definition) is 0. The summed E-state index contributed by atoms with van der Waals surface area (Å²) in [6, 6.07) is 13.8. The van der Waals surface area contributed by atoms with Gasteiger partial charge in [-0.15, -0.1) is 11.3 Å². The van der Waals surface area contributed by atoms with E-state index in [0.717, 1.165) is 32.5 Å². The molecule has 5 nitrogen and oxygen atoms in total. The molecular weight excluding hydrogens is 346 g/mol. The topological polar surface area (TPSA) is 56.5 Å². The minimum atomic E-state index is -0.165. The summed E-state index contributed by atoms with van der Waals surface area (Å²) in [5.41, 5.74) is 0.665. The van der Waals surface area contributed by atoms with Crippen LogP contribution in [-0.2, 0) is 6.42 Å². The molecule has 0 bridgehead atoms. The Kier molecular flexibility index (Phi) is 4.26. The van der Waals surface area contributed by atoms with Crippen molar-refractivity contribution >= 4 is 38.5 Å². The third-order valence-electron chi connectivity index (χ3n) is 4.30. The molecule has 0 aliphatic heterocycles. The molecule has 0 radical (unpaired) electrons. The van der Waals surface area contributed by atoms with Crippen LogP contribution in [0.3, 0.4) is 0 Å². The number of nitrogens with zero attached hydrogens (tertiary/aromatic N) is 3. The first kappa shape index (κ1) is 16.5. The molecule has 2 aromatic carbocycles. The van der Waals surface area contributed by atoms with Gasteiger partial charge in [0.25, 0.3) is 5.56 Å². The summed E-state index contributed by atoms with van der Waals surface area (Å²) in [7, 11) is 1.62. The lowest BCUT2D eigenvalue weighted by atomic mass is 10.0. The lowest BCUT2D eigenvalue weighted by Crippen LogP contribution is -2.16. The van der Waals surface area contributed by atoms with Gasteiger partial charge in [0.15, 0.2) is 0 Å². The maximum atomic E-state index is 12.7. The van der Waals surface area contributed by atoms with Crippen LogP contribution in [0, 0.1) is 0 Å². The van der Waals surface area contributed by atoms with E-state index in [1.54, 1.807) is 24.7 Å². The molecule has 4 rings (SSSR count). The summed E-state index contributed by atoms with van der Waals surface area (Å²) in [5, 5.41) is 7.07. The number of methoxy groups -OCH3 is 1. The number of rotatable bonds is 4. The number of fused-ring (bicyclic) bond motifs is 2. The van der Waals surface area contributed by atoms with Crippen molar-refractivity contribution in [3.05, 3.63) is 69.6 Å². The Bertz CT molecular complexity index is 1190. The summed E-state index contributed by atoms with van der Waals surface area (Å²) in [5.74, 6) is 0.707. The first-order chi connectivity index (χ1) is 12.7. The van der Waals surface area contributed by atoms with Crippen molar-refractivity contribution in [3.63, 3.8) is 0 Å². The molecule has 0 unspecified atom stereocenters. The van der Waals surface area contributed by atoms with E-state index >= 15 is 0 Å². The van der Waals surface area contributed by atoms with Gasteiger partial charge in [-0.3, -0.25) is 4.79 Å². The third-order valence-corrected chi connectivity index (χ3v) is 5.48. The minimum Gasteiger partial charge on any atom is -0.496 e. The molecule has 26 heavy (non-hydrogen) atoms. The highest BCUT2D eigenvalue weighted by atomic mass is 32.1. The number of aryl methyl sites for hydroxylation is 1. The highest BCUT2D eigenvalue weighted by Gasteiger charge is 2.09. The Hall–Kier alpha value is -2.99. The molecule has 0 atom stereocenters. The predicted molar refractivity (Wildman–Crippen MR) is 107 cm³/mol. The van der Waals surface area contributed by atoms with Crippen LogP contribution in [0.1, 0.15) is 17.4 Å². The van der Waals surface area contributed by atoms with Crippen LogP contribution in [0.2, 0.25) is 0 Å². The first-order valence-corrected chi connectivity index (χ1v) is 9.13. The van der Waals surface area contributed by atoms with Gasteiger partial charge in [0, 0.05) is 10.4 Å². The van der Waals surface area contributed by atoms with Gasteiger partial charge in [-0.1, -0.05) is 37.3 Å². The number of benzene rings is 2. The summed E-state index contributed by atoms with van der Waals surface area (Å²) >= 11 is 1.55. The van der Waals surface area contributed by atoms with E-state index in [2.05, 4.69) is 17.0 Å². The fourth-order valence-electron chi connectivity index (χ4n) is 2.93. The monoisotopic (exact) mass is 363 g/mol. The average Bonchev–Trinajstić information content (AvgIpc) is 3.11. The first-order valence-electron chi connectivity index (χ1n) is 8.31. The lowest BCUT2D eigenvalue weighted by molar-refractivity contribution is 0.415.